The lowest BCUT2D eigenvalue weighted by atomic mass is 9.43. The Morgan fingerprint density at radius 1 is 1.06 bits per heavy atom. The van der Waals surface area contributed by atoms with Gasteiger partial charge in [-0.3, -0.25) is 9.59 Å². The molecule has 0 aromatic heterocycles. The summed E-state index contributed by atoms with van der Waals surface area (Å²) < 4.78 is 29.4. The molecule has 0 heterocycles. The van der Waals surface area contributed by atoms with Crippen LogP contribution in [0.5, 0.6) is 0 Å². The lowest BCUT2D eigenvalue weighted by Gasteiger charge is -2.63. The molecule has 0 bridgehead atoms. The third-order valence-corrected chi connectivity index (χ3v) is 11.0. The number of hydrogen-bond donors (Lipinski definition) is 3. The van der Waals surface area contributed by atoms with Crippen LogP contribution in [0.15, 0.2) is 5.18 Å². The third-order valence-electron chi connectivity index (χ3n) is 11.0. The van der Waals surface area contributed by atoms with Gasteiger partial charge in [-0.15, -0.1) is 4.91 Å². The van der Waals surface area contributed by atoms with Gasteiger partial charge in [0, 0.05) is 31.0 Å². The number of aliphatic hydroxyl groups is 2. The average molecular weight is 513 g/mol. The summed E-state index contributed by atoms with van der Waals surface area (Å²) in [5.41, 5.74) is -0.573. The molecule has 0 aliphatic heterocycles. The number of halogens is 2. The lowest BCUT2D eigenvalue weighted by Crippen LogP contribution is -2.62. The SMILES string of the molecule is C[C@H](CCC(=O)NCCC(=O)N=O)[C@H]1CCC2C3C(CC[C@@]21C)[C@@]1(C)CC(F)(F)[C@H](O)C[C@H]1C[C@@H]3O. The number of amides is 2. The van der Waals surface area contributed by atoms with E-state index in [9.17, 15) is 33.5 Å². The van der Waals surface area contributed by atoms with Gasteiger partial charge in [-0.25, -0.2) is 8.78 Å². The summed E-state index contributed by atoms with van der Waals surface area (Å²) in [4.78, 5) is 33.4. The molecule has 7 nitrogen and oxygen atoms in total. The molecule has 2 amide bonds. The van der Waals surface area contributed by atoms with Crippen molar-refractivity contribution in [3.8, 4) is 0 Å². The second-order valence-corrected chi connectivity index (χ2v) is 12.8. The Labute approximate surface area is 212 Å². The zero-order chi connectivity index (χ0) is 26.5. The highest BCUT2D eigenvalue weighted by Crippen LogP contribution is 2.69. The van der Waals surface area contributed by atoms with E-state index < -0.39 is 29.5 Å². The quantitative estimate of drug-likeness (QED) is 0.436. The van der Waals surface area contributed by atoms with Gasteiger partial charge in [-0.2, -0.15) is 0 Å². The minimum Gasteiger partial charge on any atom is -0.393 e. The topological polar surface area (TPSA) is 116 Å². The van der Waals surface area contributed by atoms with Crippen LogP contribution in [0.2, 0.25) is 0 Å². The van der Waals surface area contributed by atoms with Crippen molar-refractivity contribution in [2.45, 2.75) is 103 Å². The molecule has 4 fully saturated rings. The first kappa shape index (κ1) is 27.6. The molecule has 3 unspecified atom stereocenters. The van der Waals surface area contributed by atoms with Crippen molar-refractivity contribution in [2.24, 2.45) is 51.5 Å². The van der Waals surface area contributed by atoms with Gasteiger partial charge in [0.25, 0.3) is 11.8 Å². The van der Waals surface area contributed by atoms with Gasteiger partial charge in [-0.1, -0.05) is 20.8 Å². The van der Waals surface area contributed by atoms with Crippen molar-refractivity contribution in [2.75, 3.05) is 6.54 Å². The van der Waals surface area contributed by atoms with Crippen molar-refractivity contribution >= 4 is 11.8 Å². The molecule has 10 atom stereocenters. The van der Waals surface area contributed by atoms with E-state index >= 15 is 0 Å². The molecular formula is C27H42F2N2O5. The van der Waals surface area contributed by atoms with Crippen LogP contribution >= 0.6 is 0 Å². The standard InChI is InChI=1S/C27H42F2N2O5/c1-15(4-7-22(34)30-11-9-23(35)31-36)17-5-6-18-24-19(8-10-25(17,18)2)26(3)14-27(28,29)21(33)13-16(26)12-20(24)32/h15-21,24,32-33H,4-14H2,1-3H3,(H,30,34)/t15-,16-,17-,18?,19?,20+,21-,24?,25-,26+/m1/s1. The molecule has 4 rings (SSSR count). The summed E-state index contributed by atoms with van der Waals surface area (Å²) in [6, 6.07) is 0. The van der Waals surface area contributed by atoms with Gasteiger partial charge in [0.05, 0.1) is 6.10 Å². The van der Waals surface area contributed by atoms with Crippen LogP contribution < -0.4 is 5.32 Å². The first-order valence-corrected chi connectivity index (χ1v) is 13.7. The van der Waals surface area contributed by atoms with Crippen LogP contribution in [0.4, 0.5) is 8.78 Å². The summed E-state index contributed by atoms with van der Waals surface area (Å²) in [6.45, 7) is 6.57. The lowest BCUT2D eigenvalue weighted by molar-refractivity contribution is -0.236. The van der Waals surface area contributed by atoms with E-state index in [-0.39, 0.29) is 60.8 Å². The molecule has 0 saturated heterocycles. The van der Waals surface area contributed by atoms with Gasteiger partial charge >= 0.3 is 0 Å². The summed E-state index contributed by atoms with van der Waals surface area (Å²) in [7, 11) is 0. The second kappa shape index (κ2) is 10.0. The molecule has 3 N–H and O–H groups in total. The van der Waals surface area contributed by atoms with Gasteiger partial charge in [0.15, 0.2) is 0 Å². The summed E-state index contributed by atoms with van der Waals surface area (Å²) in [5, 5.41) is 26.3. The Hall–Kier alpha value is -1.48. The van der Waals surface area contributed by atoms with E-state index in [1.165, 1.54) is 0 Å². The van der Waals surface area contributed by atoms with Crippen molar-refractivity contribution < 1.29 is 28.6 Å². The maximum absolute atomic E-state index is 14.7. The predicted molar refractivity (Wildman–Crippen MR) is 130 cm³/mol. The number of nitrogens with zero attached hydrogens (tertiary/aromatic N) is 1. The van der Waals surface area contributed by atoms with Crippen LogP contribution in [-0.2, 0) is 9.59 Å². The molecule has 0 aromatic carbocycles. The van der Waals surface area contributed by atoms with Gasteiger partial charge in [0.1, 0.15) is 6.10 Å². The highest BCUT2D eigenvalue weighted by Gasteiger charge is 2.66. The van der Waals surface area contributed by atoms with Crippen molar-refractivity contribution in [1.82, 2.24) is 5.32 Å². The molecule has 4 aliphatic carbocycles. The van der Waals surface area contributed by atoms with E-state index in [1.807, 2.05) is 6.92 Å². The Morgan fingerprint density at radius 3 is 2.44 bits per heavy atom. The number of rotatable bonds is 7. The molecule has 0 spiro atoms. The van der Waals surface area contributed by atoms with Gasteiger partial charge in [-0.05, 0) is 91.3 Å². The second-order valence-electron chi connectivity index (χ2n) is 12.8. The summed E-state index contributed by atoms with van der Waals surface area (Å²) in [6.07, 6.45) is 2.78. The zero-order valence-electron chi connectivity index (χ0n) is 21.7. The number of nitroso groups, excluding NO2 is 1. The predicted octanol–water partition coefficient (Wildman–Crippen LogP) is 4.44. The monoisotopic (exact) mass is 512 g/mol. The van der Waals surface area contributed by atoms with Crippen LogP contribution in [0.3, 0.4) is 0 Å². The van der Waals surface area contributed by atoms with E-state index in [4.69, 9.17) is 0 Å². The molecule has 4 aliphatic rings. The Balaban J connectivity index is 1.41. The number of alkyl halides is 2. The minimum absolute atomic E-state index is 0.0000160. The number of carbonyl (C=O) groups is 2. The fourth-order valence-electron chi connectivity index (χ4n) is 9.21. The first-order valence-electron chi connectivity index (χ1n) is 13.7. The maximum Gasteiger partial charge on any atom is 0.288 e. The van der Waals surface area contributed by atoms with Gasteiger partial charge < -0.3 is 15.5 Å². The average Bonchev–Trinajstić information content (AvgIpc) is 3.16. The summed E-state index contributed by atoms with van der Waals surface area (Å²) >= 11 is 0. The number of nitrogens with one attached hydrogen (secondary N) is 1. The number of carbonyl (C=O) groups excluding carboxylic acids is 2. The highest BCUT2D eigenvalue weighted by molar-refractivity contribution is 5.79. The van der Waals surface area contributed by atoms with Crippen molar-refractivity contribution in [1.29, 1.82) is 0 Å². The maximum atomic E-state index is 14.7. The van der Waals surface area contributed by atoms with E-state index in [0.717, 1.165) is 25.7 Å². The molecular weight excluding hydrogens is 470 g/mol. The Kier molecular flexibility index (Phi) is 7.66. The molecule has 9 heteroatoms. The normalized spacial score (nSPS) is 44.0. The molecule has 0 radical (unpaired) electrons. The third kappa shape index (κ3) is 4.74. The van der Waals surface area contributed by atoms with E-state index in [0.29, 0.717) is 31.1 Å². The van der Waals surface area contributed by atoms with Crippen LogP contribution in [0, 0.1) is 51.2 Å². The number of hydrogen-bond acceptors (Lipinski definition) is 5. The zero-order valence-corrected chi connectivity index (χ0v) is 21.7. The van der Waals surface area contributed by atoms with Crippen LogP contribution in [0.1, 0.15) is 85.0 Å². The van der Waals surface area contributed by atoms with E-state index in [1.54, 1.807) is 0 Å². The molecule has 204 valence electrons. The van der Waals surface area contributed by atoms with Crippen LogP contribution in [0.25, 0.3) is 0 Å². The van der Waals surface area contributed by atoms with Crippen molar-refractivity contribution in [3.05, 3.63) is 4.91 Å². The van der Waals surface area contributed by atoms with Crippen LogP contribution in [-0.4, -0.2) is 46.7 Å². The highest BCUT2D eigenvalue weighted by atomic mass is 19.3. The fraction of sp³-hybridized carbons (Fsp3) is 0.926. The van der Waals surface area contributed by atoms with E-state index in [2.05, 4.69) is 24.3 Å². The molecule has 4 saturated carbocycles. The number of fused-ring (bicyclic) bond motifs is 5. The Morgan fingerprint density at radius 2 is 1.75 bits per heavy atom. The smallest absolute Gasteiger partial charge is 0.288 e. The molecule has 36 heavy (non-hydrogen) atoms. The summed E-state index contributed by atoms with van der Waals surface area (Å²) in [5.74, 6) is -3.10. The first-order chi connectivity index (χ1) is 16.8. The minimum atomic E-state index is -3.08. The number of aliphatic hydroxyl groups excluding tert-OH is 2. The molecule has 0 aromatic rings. The largest absolute Gasteiger partial charge is 0.393 e. The Bertz CT molecular complexity index is 871. The van der Waals surface area contributed by atoms with Crippen molar-refractivity contribution in [3.63, 3.8) is 0 Å². The van der Waals surface area contributed by atoms with Gasteiger partial charge in [0.2, 0.25) is 5.91 Å². The fourth-order valence-corrected chi connectivity index (χ4v) is 9.21.